The summed E-state index contributed by atoms with van der Waals surface area (Å²) in [7, 11) is 1.44. The number of anilines is 3. The molecule has 4 aromatic rings. The summed E-state index contributed by atoms with van der Waals surface area (Å²) in [5.41, 5.74) is 8.74. The number of hydrogen-bond acceptors (Lipinski definition) is 7. The molecule has 8 nitrogen and oxygen atoms in total. The Morgan fingerprint density at radius 2 is 1.81 bits per heavy atom. The van der Waals surface area contributed by atoms with Crippen molar-refractivity contribution < 1.29 is 14.3 Å². The molecule has 1 aliphatic carbocycles. The molecule has 0 radical (unpaired) electrons. The number of pyridine rings is 1. The van der Waals surface area contributed by atoms with E-state index in [1.165, 1.54) is 24.7 Å². The summed E-state index contributed by atoms with van der Waals surface area (Å²) in [5, 5.41) is 1.78. The van der Waals surface area contributed by atoms with Crippen LogP contribution in [0.3, 0.4) is 0 Å². The molecule has 0 spiro atoms. The summed E-state index contributed by atoms with van der Waals surface area (Å²) in [5.74, 6) is 0.215. The number of halogens is 1. The van der Waals surface area contributed by atoms with Gasteiger partial charge in [-0.25, -0.2) is 4.79 Å². The number of ether oxygens (including phenoxy) is 2. The highest BCUT2D eigenvalue weighted by Gasteiger charge is 2.33. The molecule has 1 atom stereocenters. The number of fused-ring (bicyclic) bond motifs is 2. The highest BCUT2D eigenvalue weighted by Crippen LogP contribution is 2.45. The summed E-state index contributed by atoms with van der Waals surface area (Å²) in [6.07, 6.45) is 6.09. The number of aromatic nitrogens is 2. The number of esters is 1. The van der Waals surface area contributed by atoms with Crippen LogP contribution >= 0.6 is 11.6 Å². The van der Waals surface area contributed by atoms with Crippen molar-refractivity contribution in [3.63, 3.8) is 0 Å². The summed E-state index contributed by atoms with van der Waals surface area (Å²) in [4.78, 5) is 28.2. The highest BCUT2D eigenvalue weighted by molar-refractivity contribution is 6.30. The third-order valence-corrected chi connectivity index (χ3v) is 10.5. The van der Waals surface area contributed by atoms with E-state index in [0.29, 0.717) is 30.6 Å². The number of nitrogens with zero attached hydrogens (tertiary/aromatic N) is 4. The largest absolute Gasteiger partial charge is 0.476 e. The summed E-state index contributed by atoms with van der Waals surface area (Å²) in [6, 6.07) is 19.0. The Kier molecular flexibility index (Phi) is 8.66. The van der Waals surface area contributed by atoms with E-state index < -0.39 is 0 Å². The molecule has 9 heteroatoms. The first-order valence-electron chi connectivity index (χ1n) is 16.8. The van der Waals surface area contributed by atoms with Gasteiger partial charge in [0.1, 0.15) is 11.3 Å². The van der Waals surface area contributed by atoms with Crippen molar-refractivity contribution in [2.24, 2.45) is 5.41 Å². The molecule has 0 saturated carbocycles. The Morgan fingerprint density at radius 1 is 1.02 bits per heavy atom. The minimum Gasteiger partial charge on any atom is -0.476 e. The summed E-state index contributed by atoms with van der Waals surface area (Å²) < 4.78 is 11.3. The third kappa shape index (κ3) is 6.33. The predicted molar refractivity (Wildman–Crippen MR) is 190 cm³/mol. The van der Waals surface area contributed by atoms with E-state index in [9.17, 15) is 4.79 Å². The molecule has 3 aliphatic rings. The maximum atomic E-state index is 13.1. The van der Waals surface area contributed by atoms with Gasteiger partial charge in [0.25, 0.3) is 0 Å². The number of rotatable bonds is 6. The van der Waals surface area contributed by atoms with Gasteiger partial charge < -0.3 is 24.3 Å². The second kappa shape index (κ2) is 12.9. The lowest BCUT2D eigenvalue weighted by atomic mass is 9.71. The number of methoxy groups -OCH3 is 1. The van der Waals surface area contributed by atoms with E-state index in [-0.39, 0.29) is 11.4 Å². The number of aromatic amines is 1. The number of allylic oxidation sites excluding steroid dienone is 1. The van der Waals surface area contributed by atoms with E-state index in [4.69, 9.17) is 26.1 Å². The Hall–Kier alpha value is -4.01. The maximum absolute atomic E-state index is 13.1. The van der Waals surface area contributed by atoms with Gasteiger partial charge in [-0.15, -0.1) is 0 Å². The first kappa shape index (κ1) is 31.6. The lowest BCUT2D eigenvalue weighted by Crippen LogP contribution is -2.50. The fraction of sp³-hybridized carbons (Fsp3) is 0.421. The molecule has 1 N–H and O–H groups in total. The van der Waals surface area contributed by atoms with Crippen molar-refractivity contribution in [3.8, 4) is 5.88 Å². The van der Waals surface area contributed by atoms with Crippen molar-refractivity contribution in [1.29, 1.82) is 0 Å². The van der Waals surface area contributed by atoms with Crippen LogP contribution in [0.4, 0.5) is 17.1 Å². The molecule has 1 fully saturated rings. The van der Waals surface area contributed by atoms with Crippen LogP contribution in [0.25, 0.3) is 16.6 Å². The fourth-order valence-electron chi connectivity index (χ4n) is 7.53. The number of hydrogen-bond donors (Lipinski definition) is 1. The highest BCUT2D eigenvalue weighted by atomic mass is 35.5. The van der Waals surface area contributed by atoms with Gasteiger partial charge >= 0.3 is 5.97 Å². The molecule has 4 heterocycles. The second-order valence-electron chi connectivity index (χ2n) is 13.8. The average Bonchev–Trinajstić information content (AvgIpc) is 3.44. The average molecular weight is 654 g/mol. The molecule has 2 aromatic carbocycles. The molecule has 2 aliphatic heterocycles. The Bertz CT molecular complexity index is 1810. The molecular weight excluding hydrogens is 610 g/mol. The molecule has 1 unspecified atom stereocenters. The normalized spacial score (nSPS) is 19.3. The molecule has 0 bridgehead atoms. The predicted octanol–water partition coefficient (Wildman–Crippen LogP) is 8.10. The van der Waals surface area contributed by atoms with Crippen molar-refractivity contribution in [2.75, 3.05) is 56.2 Å². The van der Waals surface area contributed by atoms with Gasteiger partial charge in [-0.3, -0.25) is 4.90 Å². The zero-order valence-corrected chi connectivity index (χ0v) is 28.6. The van der Waals surface area contributed by atoms with Crippen LogP contribution in [-0.2, 0) is 4.74 Å². The molecule has 1 saturated heterocycles. The molecule has 0 amide bonds. The maximum Gasteiger partial charge on any atom is 0.339 e. The van der Waals surface area contributed by atoms with E-state index >= 15 is 0 Å². The van der Waals surface area contributed by atoms with Crippen molar-refractivity contribution in [2.45, 2.75) is 52.5 Å². The SMILES string of the molecule is COC(=O)c1ccc(N2CCN(C(C)C3=C(c4ccc(Cl)cc4)CC(C)(C)CC3)CC2)cc1N1CCCOc2nc3[nH]ccc3cc21. The van der Waals surface area contributed by atoms with Crippen LogP contribution in [0.5, 0.6) is 5.88 Å². The van der Waals surface area contributed by atoms with Gasteiger partial charge in [0.2, 0.25) is 5.88 Å². The van der Waals surface area contributed by atoms with Crippen LogP contribution in [0.1, 0.15) is 62.4 Å². The van der Waals surface area contributed by atoms with Crippen molar-refractivity contribution in [3.05, 3.63) is 82.5 Å². The Balaban J connectivity index is 1.15. The smallest absolute Gasteiger partial charge is 0.339 e. The van der Waals surface area contributed by atoms with Gasteiger partial charge in [-0.2, -0.15) is 4.98 Å². The van der Waals surface area contributed by atoms with Crippen molar-refractivity contribution in [1.82, 2.24) is 14.9 Å². The number of carbonyl (C=O) groups is 1. The van der Waals surface area contributed by atoms with Crippen LogP contribution < -0.4 is 14.5 Å². The quantitative estimate of drug-likeness (QED) is 0.211. The first-order chi connectivity index (χ1) is 22.7. The zero-order chi connectivity index (χ0) is 32.7. The first-order valence-corrected chi connectivity index (χ1v) is 17.2. The van der Waals surface area contributed by atoms with E-state index in [2.05, 4.69) is 70.8 Å². The van der Waals surface area contributed by atoms with E-state index in [0.717, 1.165) is 78.6 Å². The zero-order valence-electron chi connectivity index (χ0n) is 27.8. The van der Waals surface area contributed by atoms with Crippen LogP contribution in [0.2, 0.25) is 5.02 Å². The van der Waals surface area contributed by atoms with Gasteiger partial charge in [-0.1, -0.05) is 37.6 Å². The summed E-state index contributed by atoms with van der Waals surface area (Å²) in [6.45, 7) is 12.2. The summed E-state index contributed by atoms with van der Waals surface area (Å²) >= 11 is 6.26. The number of carbonyl (C=O) groups excluding carboxylic acids is 1. The third-order valence-electron chi connectivity index (χ3n) is 10.3. The van der Waals surface area contributed by atoms with Crippen LogP contribution in [0.15, 0.2) is 66.4 Å². The fourth-order valence-corrected chi connectivity index (χ4v) is 7.66. The molecule has 2 aromatic heterocycles. The number of nitrogens with one attached hydrogen (secondary N) is 1. The minimum atomic E-state index is -0.354. The number of piperazine rings is 1. The van der Waals surface area contributed by atoms with Crippen LogP contribution in [-0.4, -0.2) is 73.3 Å². The minimum absolute atomic E-state index is 0.286. The van der Waals surface area contributed by atoms with Gasteiger partial charge in [0.05, 0.1) is 25.0 Å². The molecule has 47 heavy (non-hydrogen) atoms. The lowest BCUT2D eigenvalue weighted by molar-refractivity contribution is 0.0601. The number of H-pyrrole nitrogens is 1. The van der Waals surface area contributed by atoms with Crippen molar-refractivity contribution >= 4 is 51.2 Å². The number of benzene rings is 2. The molecule has 246 valence electrons. The second-order valence-corrected chi connectivity index (χ2v) is 14.3. The van der Waals surface area contributed by atoms with E-state index in [1.54, 1.807) is 5.57 Å². The topological polar surface area (TPSA) is 73.9 Å². The monoisotopic (exact) mass is 653 g/mol. The molecule has 7 rings (SSSR count). The van der Waals surface area contributed by atoms with E-state index in [1.807, 2.05) is 30.5 Å². The molecular formula is C38H44ClN5O3. The Morgan fingerprint density at radius 3 is 2.57 bits per heavy atom. The van der Waals surface area contributed by atoms with Gasteiger partial charge in [-0.05, 0) is 97.2 Å². The van der Waals surface area contributed by atoms with Gasteiger partial charge in [0, 0.05) is 61.1 Å². The van der Waals surface area contributed by atoms with Gasteiger partial charge in [0.15, 0.2) is 0 Å². The van der Waals surface area contributed by atoms with Crippen LogP contribution in [0, 0.1) is 5.41 Å². The lowest BCUT2D eigenvalue weighted by Gasteiger charge is -2.43. The Labute approximate surface area is 282 Å². The standard InChI is InChI=1S/C38H44ClN5O3/c1-25(30-12-14-38(2,3)24-32(30)26-6-8-28(39)9-7-26)42-17-19-43(20-18-42)29-10-11-31(37(45)46-4)33(23-29)44-16-5-21-47-36-34(44)22-27-13-15-40-35(27)41-36/h6-11,13,15,22-23,25H,5,12,14,16-21,24H2,1-4H3,(H,40,41).